The van der Waals surface area contributed by atoms with E-state index in [0.29, 0.717) is 31.6 Å². The molecule has 1 atom stereocenters. The highest BCUT2D eigenvalue weighted by molar-refractivity contribution is 5.95. The fourth-order valence-electron chi connectivity index (χ4n) is 3.55. The van der Waals surface area contributed by atoms with Crippen LogP contribution >= 0.6 is 0 Å². The molecule has 0 saturated carbocycles. The highest BCUT2D eigenvalue weighted by Gasteiger charge is 2.24. The first-order chi connectivity index (χ1) is 14.1. The Morgan fingerprint density at radius 2 is 1.86 bits per heavy atom. The molecule has 1 aliphatic rings. The maximum Gasteiger partial charge on any atom is 0.251 e. The van der Waals surface area contributed by atoms with Crippen LogP contribution in [0.1, 0.15) is 40.7 Å². The van der Waals surface area contributed by atoms with Crippen molar-refractivity contribution in [2.75, 3.05) is 11.4 Å². The second kappa shape index (κ2) is 8.31. The summed E-state index contributed by atoms with van der Waals surface area (Å²) in [7, 11) is 0. The lowest BCUT2D eigenvalue weighted by molar-refractivity contribution is -0.119. The van der Waals surface area contributed by atoms with E-state index in [1.165, 1.54) is 5.56 Å². The fourth-order valence-corrected chi connectivity index (χ4v) is 3.55. The molecule has 3 aromatic rings. The highest BCUT2D eigenvalue weighted by Crippen LogP contribution is 2.23. The molecule has 2 aromatic carbocycles. The first kappa shape index (κ1) is 18.9. The first-order valence-electron chi connectivity index (χ1n) is 9.86. The third-order valence-corrected chi connectivity index (χ3v) is 5.30. The molecule has 0 spiro atoms. The van der Waals surface area contributed by atoms with Gasteiger partial charge in [0.05, 0.1) is 19.3 Å². The Hall–Kier alpha value is -3.41. The average Bonchev–Trinajstić information content (AvgIpc) is 3.24. The number of nitrogens with one attached hydrogen (secondary N) is 1. The van der Waals surface area contributed by atoms with Gasteiger partial charge in [0.2, 0.25) is 5.91 Å². The van der Waals surface area contributed by atoms with Crippen molar-refractivity contribution >= 4 is 17.6 Å². The average molecular weight is 388 g/mol. The molecule has 6 heteroatoms. The van der Waals surface area contributed by atoms with Crippen molar-refractivity contribution in [1.29, 1.82) is 0 Å². The molecule has 1 aromatic heterocycles. The molecule has 148 valence electrons. The topological polar surface area (TPSA) is 67.2 Å². The Morgan fingerprint density at radius 3 is 2.62 bits per heavy atom. The van der Waals surface area contributed by atoms with Gasteiger partial charge >= 0.3 is 0 Å². The van der Waals surface area contributed by atoms with Gasteiger partial charge in [-0.15, -0.1) is 0 Å². The number of fused-ring (bicyclic) bond motifs is 1. The largest absolute Gasteiger partial charge is 0.351 e. The van der Waals surface area contributed by atoms with Crippen LogP contribution in [0, 0.1) is 0 Å². The number of carbonyl (C=O) groups excluding carboxylic acids is 2. The van der Waals surface area contributed by atoms with Crippen LogP contribution in [0.25, 0.3) is 0 Å². The Bertz CT molecular complexity index is 995. The molecule has 2 amide bonds. The van der Waals surface area contributed by atoms with Gasteiger partial charge in [-0.1, -0.05) is 49.4 Å². The Kier molecular flexibility index (Phi) is 5.42. The van der Waals surface area contributed by atoms with Gasteiger partial charge in [0.15, 0.2) is 0 Å². The van der Waals surface area contributed by atoms with Crippen LogP contribution in [0.3, 0.4) is 0 Å². The summed E-state index contributed by atoms with van der Waals surface area (Å²) in [4.78, 5) is 26.5. The third kappa shape index (κ3) is 4.21. The van der Waals surface area contributed by atoms with E-state index in [2.05, 4.69) is 29.5 Å². The number of rotatable bonds is 6. The van der Waals surface area contributed by atoms with E-state index in [1.54, 1.807) is 11.1 Å². The minimum Gasteiger partial charge on any atom is -0.351 e. The molecule has 29 heavy (non-hydrogen) atoms. The summed E-state index contributed by atoms with van der Waals surface area (Å²) in [5, 5.41) is 7.25. The van der Waals surface area contributed by atoms with Crippen molar-refractivity contribution in [2.45, 2.75) is 32.4 Å². The van der Waals surface area contributed by atoms with Crippen LogP contribution in [-0.4, -0.2) is 28.1 Å². The molecule has 6 nitrogen and oxygen atoms in total. The standard InChI is InChI=1S/C23H24N4O2/c1-17(19-5-3-2-4-6-19)15-24-23(29)20-9-7-18(8-10-20)16-26-21-11-13-25-27(21)14-12-22(26)28/h2-11,13,17H,12,14-16H2,1H3,(H,24,29)/t17-/m1/s1. The molecule has 0 unspecified atom stereocenters. The Labute approximate surface area is 170 Å². The maximum atomic E-state index is 12.5. The summed E-state index contributed by atoms with van der Waals surface area (Å²) >= 11 is 0. The number of aromatic nitrogens is 2. The smallest absolute Gasteiger partial charge is 0.251 e. The van der Waals surface area contributed by atoms with Gasteiger partial charge in [-0.3, -0.25) is 14.5 Å². The molecule has 0 radical (unpaired) electrons. The number of carbonyl (C=O) groups is 2. The molecular weight excluding hydrogens is 364 g/mol. The number of hydrogen-bond donors (Lipinski definition) is 1. The molecule has 1 aliphatic heterocycles. The molecule has 1 N–H and O–H groups in total. The van der Waals surface area contributed by atoms with Crippen molar-refractivity contribution in [1.82, 2.24) is 15.1 Å². The summed E-state index contributed by atoms with van der Waals surface area (Å²) in [6.07, 6.45) is 2.17. The number of amides is 2. The molecule has 2 heterocycles. The second-order valence-corrected chi connectivity index (χ2v) is 7.36. The number of anilines is 1. The van der Waals surface area contributed by atoms with Gasteiger partial charge in [0.1, 0.15) is 5.82 Å². The van der Waals surface area contributed by atoms with Crippen molar-refractivity contribution in [3.63, 3.8) is 0 Å². The molecule has 0 bridgehead atoms. The highest BCUT2D eigenvalue weighted by atomic mass is 16.2. The first-order valence-corrected chi connectivity index (χ1v) is 9.86. The zero-order chi connectivity index (χ0) is 20.2. The van der Waals surface area contributed by atoms with Crippen molar-refractivity contribution < 1.29 is 9.59 Å². The van der Waals surface area contributed by atoms with Gasteiger partial charge in [-0.2, -0.15) is 5.10 Å². The lowest BCUT2D eigenvalue weighted by Gasteiger charge is -2.27. The zero-order valence-electron chi connectivity index (χ0n) is 16.4. The van der Waals surface area contributed by atoms with E-state index >= 15 is 0 Å². The quantitative estimate of drug-likeness (QED) is 0.704. The van der Waals surface area contributed by atoms with E-state index in [1.807, 2.05) is 53.2 Å². The number of nitrogens with zero attached hydrogens (tertiary/aromatic N) is 3. The van der Waals surface area contributed by atoms with E-state index in [4.69, 9.17) is 0 Å². The predicted octanol–water partition coefficient (Wildman–Crippen LogP) is 3.35. The van der Waals surface area contributed by atoms with Gasteiger partial charge in [-0.05, 0) is 29.2 Å². The molecular formula is C23H24N4O2. The third-order valence-electron chi connectivity index (χ3n) is 5.30. The maximum absolute atomic E-state index is 12.5. The summed E-state index contributed by atoms with van der Waals surface area (Å²) in [5.41, 5.74) is 2.79. The lowest BCUT2D eigenvalue weighted by Crippen LogP contribution is -2.36. The van der Waals surface area contributed by atoms with Crippen LogP contribution in [0.4, 0.5) is 5.82 Å². The second-order valence-electron chi connectivity index (χ2n) is 7.36. The summed E-state index contributed by atoms with van der Waals surface area (Å²) in [6.45, 7) is 3.77. The Morgan fingerprint density at radius 1 is 1.10 bits per heavy atom. The van der Waals surface area contributed by atoms with E-state index in [9.17, 15) is 9.59 Å². The molecule has 4 rings (SSSR count). The minimum absolute atomic E-state index is 0.0912. The SMILES string of the molecule is C[C@H](CNC(=O)c1ccc(CN2C(=O)CCn3nccc32)cc1)c1ccccc1. The van der Waals surface area contributed by atoms with Crippen LogP contribution in [0.5, 0.6) is 0 Å². The molecule has 0 saturated heterocycles. The monoisotopic (exact) mass is 388 g/mol. The van der Waals surface area contributed by atoms with Crippen LogP contribution in [-0.2, 0) is 17.9 Å². The van der Waals surface area contributed by atoms with Gasteiger partial charge in [0, 0.05) is 24.6 Å². The summed E-state index contributed by atoms with van der Waals surface area (Å²) < 4.78 is 1.84. The summed E-state index contributed by atoms with van der Waals surface area (Å²) in [5.74, 6) is 1.06. The molecule has 0 aliphatic carbocycles. The summed E-state index contributed by atoms with van der Waals surface area (Å²) in [6, 6.07) is 19.4. The van der Waals surface area contributed by atoms with E-state index < -0.39 is 0 Å². The normalized spacial score (nSPS) is 14.4. The molecule has 0 fully saturated rings. The van der Waals surface area contributed by atoms with Crippen LogP contribution in [0.2, 0.25) is 0 Å². The van der Waals surface area contributed by atoms with Crippen LogP contribution in [0.15, 0.2) is 66.9 Å². The van der Waals surface area contributed by atoms with Gasteiger partial charge in [0.25, 0.3) is 5.91 Å². The fraction of sp³-hybridized carbons (Fsp3) is 0.261. The van der Waals surface area contributed by atoms with Crippen LogP contribution < -0.4 is 10.2 Å². The zero-order valence-corrected chi connectivity index (χ0v) is 16.4. The minimum atomic E-state index is -0.0912. The number of aryl methyl sites for hydroxylation is 1. The van der Waals surface area contributed by atoms with E-state index in [-0.39, 0.29) is 17.7 Å². The van der Waals surface area contributed by atoms with Crippen molar-refractivity contribution in [3.8, 4) is 0 Å². The van der Waals surface area contributed by atoms with Gasteiger partial charge < -0.3 is 5.32 Å². The predicted molar refractivity (Wildman–Crippen MR) is 112 cm³/mol. The van der Waals surface area contributed by atoms with Crippen molar-refractivity contribution in [2.24, 2.45) is 0 Å². The van der Waals surface area contributed by atoms with Gasteiger partial charge in [-0.25, -0.2) is 4.68 Å². The Balaban J connectivity index is 1.37. The number of benzene rings is 2. The lowest BCUT2D eigenvalue weighted by atomic mass is 10.0. The van der Waals surface area contributed by atoms with Crippen molar-refractivity contribution in [3.05, 3.63) is 83.6 Å². The number of hydrogen-bond acceptors (Lipinski definition) is 3. The van der Waals surface area contributed by atoms with E-state index in [0.717, 1.165) is 11.4 Å².